The molecule has 27 heavy (non-hydrogen) atoms. The third kappa shape index (κ3) is 4.94. The fraction of sp³-hybridized carbons (Fsp3) is 0.217. The summed E-state index contributed by atoms with van der Waals surface area (Å²) >= 11 is 0. The van der Waals surface area contributed by atoms with Gasteiger partial charge in [-0.25, -0.2) is 0 Å². The van der Waals surface area contributed by atoms with Crippen LogP contribution in [-0.4, -0.2) is 18.3 Å². The van der Waals surface area contributed by atoms with E-state index in [1.54, 1.807) is 24.3 Å². The number of amides is 1. The maximum atomic E-state index is 12.4. The first-order valence-electron chi connectivity index (χ1n) is 9.11. The summed E-state index contributed by atoms with van der Waals surface area (Å²) in [6, 6.07) is 19.0. The molecule has 0 aliphatic carbocycles. The van der Waals surface area contributed by atoms with Crippen molar-refractivity contribution in [2.75, 3.05) is 11.9 Å². The number of aryl methyl sites for hydroxylation is 1. The number of benzene rings is 3. The van der Waals surface area contributed by atoms with E-state index in [1.807, 2.05) is 44.2 Å². The number of ether oxygens (including phenoxy) is 1. The van der Waals surface area contributed by atoms with Crippen molar-refractivity contribution in [2.24, 2.45) is 0 Å². The minimum atomic E-state index is -0.177. The Kier molecular flexibility index (Phi) is 5.87. The van der Waals surface area contributed by atoms with Crippen LogP contribution in [0.15, 0.2) is 60.7 Å². The molecule has 0 radical (unpaired) electrons. The van der Waals surface area contributed by atoms with Crippen LogP contribution in [0.5, 0.6) is 5.75 Å². The van der Waals surface area contributed by atoms with Gasteiger partial charge >= 0.3 is 0 Å². The Hall–Kier alpha value is -3.14. The molecule has 4 heteroatoms. The van der Waals surface area contributed by atoms with Crippen molar-refractivity contribution >= 4 is 28.2 Å². The molecule has 0 aliphatic heterocycles. The summed E-state index contributed by atoms with van der Waals surface area (Å²) < 4.78 is 5.37. The number of nitrogens with one attached hydrogen (secondary N) is 1. The third-order valence-corrected chi connectivity index (χ3v) is 4.35. The van der Waals surface area contributed by atoms with Crippen molar-refractivity contribution in [3.63, 3.8) is 0 Å². The second-order valence-corrected chi connectivity index (χ2v) is 6.49. The first-order valence-corrected chi connectivity index (χ1v) is 9.11. The topological polar surface area (TPSA) is 55.4 Å². The highest BCUT2D eigenvalue weighted by molar-refractivity contribution is 6.02. The first kappa shape index (κ1) is 18.6. The number of Topliss-reactive ketones (excluding diaryl/α,β-unsaturated/α-hetero) is 1. The van der Waals surface area contributed by atoms with Gasteiger partial charge in [-0.05, 0) is 55.0 Å². The molecule has 1 amide bonds. The Bertz CT molecular complexity index is 961. The maximum absolute atomic E-state index is 12.4. The normalized spacial score (nSPS) is 10.6. The molecule has 0 aromatic heterocycles. The lowest BCUT2D eigenvalue weighted by molar-refractivity contribution is -0.116. The number of rotatable bonds is 7. The van der Waals surface area contributed by atoms with Crippen molar-refractivity contribution in [1.82, 2.24) is 0 Å². The molecule has 0 bridgehead atoms. The van der Waals surface area contributed by atoms with Gasteiger partial charge < -0.3 is 10.1 Å². The Morgan fingerprint density at radius 2 is 1.59 bits per heavy atom. The lowest BCUT2D eigenvalue weighted by Gasteiger charge is -2.07. The van der Waals surface area contributed by atoms with Crippen LogP contribution in [0.1, 0.15) is 35.7 Å². The summed E-state index contributed by atoms with van der Waals surface area (Å²) in [5, 5.41) is 4.95. The molecule has 0 fully saturated rings. The van der Waals surface area contributed by atoms with Crippen LogP contribution < -0.4 is 10.1 Å². The fourth-order valence-corrected chi connectivity index (χ4v) is 2.93. The van der Waals surface area contributed by atoms with Gasteiger partial charge in [-0.2, -0.15) is 0 Å². The van der Waals surface area contributed by atoms with E-state index in [0.29, 0.717) is 17.9 Å². The van der Waals surface area contributed by atoms with E-state index >= 15 is 0 Å². The summed E-state index contributed by atoms with van der Waals surface area (Å²) in [6.07, 6.45) is 0.332. The highest BCUT2D eigenvalue weighted by atomic mass is 16.5. The molecule has 0 saturated heterocycles. The SMILES string of the molecule is CCOc1ccc(NC(=O)CCC(=O)c2ccc3cc(C)ccc3c2)cc1. The average Bonchev–Trinajstić information content (AvgIpc) is 2.67. The van der Waals surface area contributed by atoms with Crippen molar-refractivity contribution in [2.45, 2.75) is 26.7 Å². The average molecular weight is 361 g/mol. The monoisotopic (exact) mass is 361 g/mol. The lowest BCUT2D eigenvalue weighted by atomic mass is 10.0. The van der Waals surface area contributed by atoms with Crippen LogP contribution in [0.4, 0.5) is 5.69 Å². The molecule has 0 unspecified atom stereocenters. The molecular formula is C23H23NO3. The summed E-state index contributed by atoms with van der Waals surface area (Å²) in [6.45, 7) is 4.56. The Morgan fingerprint density at radius 3 is 2.33 bits per heavy atom. The Labute approximate surface area is 159 Å². The van der Waals surface area contributed by atoms with Crippen molar-refractivity contribution in [3.8, 4) is 5.75 Å². The number of anilines is 1. The van der Waals surface area contributed by atoms with Crippen LogP contribution in [0.2, 0.25) is 0 Å². The molecule has 0 heterocycles. The van der Waals surface area contributed by atoms with E-state index in [-0.39, 0.29) is 24.5 Å². The zero-order valence-electron chi connectivity index (χ0n) is 15.6. The third-order valence-electron chi connectivity index (χ3n) is 4.35. The van der Waals surface area contributed by atoms with Gasteiger partial charge in [-0.1, -0.05) is 35.9 Å². The first-order chi connectivity index (χ1) is 13.0. The van der Waals surface area contributed by atoms with Crippen LogP contribution in [-0.2, 0) is 4.79 Å². The van der Waals surface area contributed by atoms with Crippen LogP contribution in [0.25, 0.3) is 10.8 Å². The second-order valence-electron chi connectivity index (χ2n) is 6.49. The smallest absolute Gasteiger partial charge is 0.224 e. The van der Waals surface area contributed by atoms with E-state index in [4.69, 9.17) is 4.74 Å². The van der Waals surface area contributed by atoms with Gasteiger partial charge in [0.1, 0.15) is 5.75 Å². The number of hydrogen-bond donors (Lipinski definition) is 1. The van der Waals surface area contributed by atoms with Crippen LogP contribution >= 0.6 is 0 Å². The minimum absolute atomic E-state index is 0.0284. The van der Waals surface area contributed by atoms with E-state index < -0.39 is 0 Å². The Balaban J connectivity index is 1.56. The van der Waals surface area contributed by atoms with E-state index in [1.165, 1.54) is 5.56 Å². The molecule has 0 saturated carbocycles. The highest BCUT2D eigenvalue weighted by Crippen LogP contribution is 2.19. The molecular weight excluding hydrogens is 338 g/mol. The van der Waals surface area contributed by atoms with Gasteiger partial charge in [-0.3, -0.25) is 9.59 Å². The number of fused-ring (bicyclic) bond motifs is 1. The maximum Gasteiger partial charge on any atom is 0.224 e. The zero-order chi connectivity index (χ0) is 19.2. The predicted octanol–water partition coefficient (Wildman–Crippen LogP) is 5.15. The number of ketones is 1. The van der Waals surface area contributed by atoms with Gasteiger partial charge in [0, 0.05) is 24.1 Å². The molecule has 3 aromatic carbocycles. The van der Waals surface area contributed by atoms with Gasteiger partial charge in [0.05, 0.1) is 6.61 Å². The summed E-state index contributed by atoms with van der Waals surface area (Å²) in [5.74, 6) is 0.556. The van der Waals surface area contributed by atoms with Crippen LogP contribution in [0.3, 0.4) is 0 Å². The number of hydrogen-bond acceptors (Lipinski definition) is 3. The van der Waals surface area contributed by atoms with Gasteiger partial charge in [-0.15, -0.1) is 0 Å². The standard InChI is InChI=1S/C23H23NO3/c1-3-27-21-10-8-20(9-11-21)24-23(26)13-12-22(25)19-7-6-17-14-16(2)4-5-18(17)15-19/h4-11,14-15H,3,12-13H2,1-2H3,(H,24,26). The molecule has 0 atom stereocenters. The number of carbonyl (C=O) groups excluding carboxylic acids is 2. The van der Waals surface area contributed by atoms with Gasteiger partial charge in [0.2, 0.25) is 5.91 Å². The molecule has 3 rings (SSSR count). The zero-order valence-corrected chi connectivity index (χ0v) is 15.6. The molecule has 4 nitrogen and oxygen atoms in total. The summed E-state index contributed by atoms with van der Waals surface area (Å²) in [4.78, 5) is 24.5. The summed E-state index contributed by atoms with van der Waals surface area (Å²) in [5.41, 5.74) is 2.52. The molecule has 0 aliphatic rings. The molecule has 1 N–H and O–H groups in total. The second kappa shape index (κ2) is 8.49. The Morgan fingerprint density at radius 1 is 0.889 bits per heavy atom. The van der Waals surface area contributed by atoms with E-state index in [0.717, 1.165) is 16.5 Å². The molecule has 3 aromatic rings. The quantitative estimate of drug-likeness (QED) is 0.592. The van der Waals surface area contributed by atoms with Crippen molar-refractivity contribution < 1.29 is 14.3 Å². The van der Waals surface area contributed by atoms with E-state index in [2.05, 4.69) is 11.4 Å². The predicted molar refractivity (Wildman–Crippen MR) is 108 cm³/mol. The molecule has 0 spiro atoms. The largest absolute Gasteiger partial charge is 0.494 e. The number of carbonyl (C=O) groups is 2. The van der Waals surface area contributed by atoms with Gasteiger partial charge in [0.25, 0.3) is 0 Å². The fourth-order valence-electron chi connectivity index (χ4n) is 2.93. The highest BCUT2D eigenvalue weighted by Gasteiger charge is 2.10. The van der Waals surface area contributed by atoms with Crippen molar-refractivity contribution in [1.29, 1.82) is 0 Å². The van der Waals surface area contributed by atoms with Crippen molar-refractivity contribution in [3.05, 3.63) is 71.8 Å². The minimum Gasteiger partial charge on any atom is -0.494 e. The summed E-state index contributed by atoms with van der Waals surface area (Å²) in [7, 11) is 0. The van der Waals surface area contributed by atoms with Gasteiger partial charge in [0.15, 0.2) is 5.78 Å². The van der Waals surface area contributed by atoms with Crippen LogP contribution in [0, 0.1) is 6.92 Å². The molecule has 138 valence electrons. The van der Waals surface area contributed by atoms with E-state index in [9.17, 15) is 9.59 Å². The lowest BCUT2D eigenvalue weighted by Crippen LogP contribution is -2.13.